The number of ether oxygens (including phenoxy) is 2. The summed E-state index contributed by atoms with van der Waals surface area (Å²) in [4.78, 5) is 12.7. The molecular formula is C22H25N3O3. The fourth-order valence-electron chi connectivity index (χ4n) is 2.81. The molecular weight excluding hydrogens is 354 g/mol. The molecule has 0 fully saturated rings. The van der Waals surface area contributed by atoms with Crippen LogP contribution in [0, 0.1) is 11.3 Å². The van der Waals surface area contributed by atoms with Crippen molar-refractivity contribution in [1.29, 1.82) is 5.26 Å². The number of hydrogen-bond acceptors (Lipinski definition) is 5. The Balaban J connectivity index is 2.27. The van der Waals surface area contributed by atoms with Crippen LogP contribution in [0.4, 0.5) is 11.4 Å². The highest BCUT2D eigenvalue weighted by Gasteiger charge is 2.14. The van der Waals surface area contributed by atoms with Crippen molar-refractivity contribution in [2.24, 2.45) is 0 Å². The number of carbonyl (C=O) groups excluding carboxylic acids is 1. The molecule has 2 aromatic rings. The minimum atomic E-state index is -0.465. The fraction of sp³-hybridized carbons (Fsp3) is 0.273. The lowest BCUT2D eigenvalue weighted by Crippen LogP contribution is -2.17. The van der Waals surface area contributed by atoms with Gasteiger partial charge in [0, 0.05) is 18.0 Å². The van der Waals surface area contributed by atoms with E-state index in [9.17, 15) is 10.1 Å². The Bertz CT molecular complexity index is 891. The summed E-state index contributed by atoms with van der Waals surface area (Å²) in [7, 11) is 3.11. The van der Waals surface area contributed by atoms with Crippen molar-refractivity contribution in [2.45, 2.75) is 26.7 Å². The quantitative estimate of drug-likeness (QED) is 0.528. The smallest absolute Gasteiger partial charge is 0.267 e. The fourth-order valence-corrected chi connectivity index (χ4v) is 2.81. The van der Waals surface area contributed by atoms with E-state index in [-0.39, 0.29) is 5.57 Å². The second kappa shape index (κ2) is 10.0. The number of benzene rings is 2. The highest BCUT2D eigenvalue weighted by atomic mass is 16.5. The van der Waals surface area contributed by atoms with Crippen LogP contribution in [0.2, 0.25) is 0 Å². The van der Waals surface area contributed by atoms with Gasteiger partial charge in [-0.15, -0.1) is 0 Å². The Labute approximate surface area is 165 Å². The van der Waals surface area contributed by atoms with Crippen molar-refractivity contribution in [1.82, 2.24) is 0 Å². The molecule has 0 aliphatic rings. The first kappa shape index (κ1) is 20.8. The van der Waals surface area contributed by atoms with Crippen molar-refractivity contribution in [3.8, 4) is 17.6 Å². The van der Waals surface area contributed by atoms with Crippen LogP contribution in [0.15, 0.2) is 48.2 Å². The van der Waals surface area contributed by atoms with Crippen LogP contribution in [0.5, 0.6) is 11.5 Å². The van der Waals surface area contributed by atoms with Gasteiger partial charge in [0.05, 0.1) is 19.9 Å². The number of methoxy groups -OCH3 is 2. The molecule has 28 heavy (non-hydrogen) atoms. The standard InChI is InChI=1S/C22H25N3O3/c1-5-15-8-7-9-16(6-2)21(15)25-22(26)17(13-23)14-24-19-12-18(27-3)10-11-20(19)28-4/h7-12,14,24H,5-6H2,1-4H3,(H,25,26)/b17-14-. The summed E-state index contributed by atoms with van der Waals surface area (Å²) in [6.45, 7) is 4.06. The summed E-state index contributed by atoms with van der Waals surface area (Å²) >= 11 is 0. The third-order valence-corrected chi connectivity index (χ3v) is 4.38. The summed E-state index contributed by atoms with van der Waals surface area (Å²) in [5, 5.41) is 15.3. The minimum Gasteiger partial charge on any atom is -0.497 e. The Morgan fingerprint density at radius 3 is 2.32 bits per heavy atom. The Hall–Kier alpha value is -3.46. The zero-order valence-corrected chi connectivity index (χ0v) is 16.6. The van der Waals surface area contributed by atoms with E-state index in [0.717, 1.165) is 29.7 Å². The number of nitriles is 1. The summed E-state index contributed by atoms with van der Waals surface area (Å²) in [6, 6.07) is 13.1. The van der Waals surface area contributed by atoms with E-state index in [1.807, 2.05) is 38.1 Å². The van der Waals surface area contributed by atoms with Gasteiger partial charge in [-0.2, -0.15) is 5.26 Å². The summed E-state index contributed by atoms with van der Waals surface area (Å²) in [5.74, 6) is 0.732. The average Bonchev–Trinajstić information content (AvgIpc) is 2.74. The molecule has 0 radical (unpaired) electrons. The lowest BCUT2D eigenvalue weighted by atomic mass is 10.0. The van der Waals surface area contributed by atoms with Crippen molar-refractivity contribution >= 4 is 17.3 Å². The number of carbonyl (C=O) groups is 1. The molecule has 0 aliphatic heterocycles. The van der Waals surface area contributed by atoms with Gasteiger partial charge in [0.1, 0.15) is 23.1 Å². The number of para-hydroxylation sites is 1. The molecule has 0 bridgehead atoms. The molecule has 2 aromatic carbocycles. The van der Waals surface area contributed by atoms with Crippen LogP contribution in [0.3, 0.4) is 0 Å². The lowest BCUT2D eigenvalue weighted by Gasteiger charge is -2.14. The molecule has 0 aromatic heterocycles. The first-order valence-electron chi connectivity index (χ1n) is 9.08. The predicted molar refractivity (Wildman–Crippen MR) is 111 cm³/mol. The number of rotatable bonds is 8. The Kier molecular flexibility index (Phi) is 7.46. The molecule has 0 spiro atoms. The number of nitrogens with zero attached hydrogens (tertiary/aromatic N) is 1. The number of amides is 1. The van der Waals surface area contributed by atoms with Gasteiger partial charge in [-0.25, -0.2) is 0 Å². The SMILES string of the molecule is CCc1cccc(CC)c1NC(=O)/C(C#N)=C\Nc1cc(OC)ccc1OC. The third-order valence-electron chi connectivity index (χ3n) is 4.38. The Morgan fingerprint density at radius 2 is 1.79 bits per heavy atom. The highest BCUT2D eigenvalue weighted by molar-refractivity contribution is 6.07. The van der Waals surface area contributed by atoms with E-state index < -0.39 is 5.91 Å². The number of nitrogens with one attached hydrogen (secondary N) is 2. The molecule has 2 rings (SSSR count). The summed E-state index contributed by atoms with van der Waals surface area (Å²) in [5.41, 5.74) is 3.39. The van der Waals surface area contributed by atoms with Crippen LogP contribution in [0.1, 0.15) is 25.0 Å². The molecule has 6 nitrogen and oxygen atoms in total. The van der Waals surface area contributed by atoms with Gasteiger partial charge in [0.2, 0.25) is 0 Å². The van der Waals surface area contributed by atoms with Crippen LogP contribution in [0.25, 0.3) is 0 Å². The molecule has 0 saturated carbocycles. The predicted octanol–water partition coefficient (Wildman–Crippen LogP) is 4.29. The van der Waals surface area contributed by atoms with Gasteiger partial charge < -0.3 is 20.1 Å². The maximum absolute atomic E-state index is 12.7. The first-order chi connectivity index (χ1) is 13.6. The molecule has 0 atom stereocenters. The van der Waals surface area contributed by atoms with Gasteiger partial charge >= 0.3 is 0 Å². The van der Waals surface area contributed by atoms with E-state index in [1.54, 1.807) is 32.4 Å². The second-order valence-corrected chi connectivity index (χ2v) is 5.99. The third kappa shape index (κ3) is 4.83. The van der Waals surface area contributed by atoms with Gasteiger partial charge in [-0.3, -0.25) is 4.79 Å². The normalized spacial score (nSPS) is 10.8. The number of hydrogen-bond donors (Lipinski definition) is 2. The molecule has 146 valence electrons. The average molecular weight is 379 g/mol. The highest BCUT2D eigenvalue weighted by Crippen LogP contribution is 2.29. The van der Waals surface area contributed by atoms with Gasteiger partial charge in [0.25, 0.3) is 5.91 Å². The second-order valence-electron chi connectivity index (χ2n) is 5.99. The molecule has 0 aliphatic carbocycles. The monoisotopic (exact) mass is 379 g/mol. The van der Waals surface area contributed by atoms with E-state index in [4.69, 9.17) is 9.47 Å². The molecule has 0 heterocycles. The van der Waals surface area contributed by atoms with Gasteiger partial charge in [0.15, 0.2) is 0 Å². The minimum absolute atomic E-state index is 0.0437. The Morgan fingerprint density at radius 1 is 1.11 bits per heavy atom. The lowest BCUT2D eigenvalue weighted by molar-refractivity contribution is -0.112. The summed E-state index contributed by atoms with van der Waals surface area (Å²) < 4.78 is 10.5. The van der Waals surface area contributed by atoms with Crippen LogP contribution in [-0.4, -0.2) is 20.1 Å². The molecule has 6 heteroatoms. The van der Waals surface area contributed by atoms with Crippen molar-refractivity contribution in [3.05, 3.63) is 59.3 Å². The van der Waals surface area contributed by atoms with Gasteiger partial charge in [-0.1, -0.05) is 32.0 Å². The van der Waals surface area contributed by atoms with Crippen molar-refractivity contribution < 1.29 is 14.3 Å². The molecule has 2 N–H and O–H groups in total. The van der Waals surface area contributed by atoms with E-state index >= 15 is 0 Å². The topological polar surface area (TPSA) is 83.4 Å². The molecule has 1 amide bonds. The van der Waals surface area contributed by atoms with E-state index in [0.29, 0.717) is 17.2 Å². The zero-order valence-electron chi connectivity index (χ0n) is 16.6. The maximum atomic E-state index is 12.7. The van der Waals surface area contributed by atoms with Crippen LogP contribution < -0.4 is 20.1 Å². The first-order valence-corrected chi connectivity index (χ1v) is 9.08. The largest absolute Gasteiger partial charge is 0.497 e. The maximum Gasteiger partial charge on any atom is 0.267 e. The van der Waals surface area contributed by atoms with Gasteiger partial charge in [-0.05, 0) is 36.1 Å². The van der Waals surface area contributed by atoms with Crippen molar-refractivity contribution in [3.63, 3.8) is 0 Å². The van der Waals surface area contributed by atoms with Crippen LogP contribution >= 0.6 is 0 Å². The van der Waals surface area contributed by atoms with E-state index in [2.05, 4.69) is 10.6 Å². The molecule has 0 unspecified atom stereocenters. The van der Waals surface area contributed by atoms with Crippen molar-refractivity contribution in [2.75, 3.05) is 24.9 Å². The van der Waals surface area contributed by atoms with E-state index in [1.165, 1.54) is 6.20 Å². The number of aryl methyl sites for hydroxylation is 2. The zero-order chi connectivity index (χ0) is 20.5. The molecule has 0 saturated heterocycles. The number of anilines is 2. The van der Waals surface area contributed by atoms with Crippen LogP contribution in [-0.2, 0) is 17.6 Å². The summed E-state index contributed by atoms with van der Waals surface area (Å²) in [6.07, 6.45) is 2.94.